The summed E-state index contributed by atoms with van der Waals surface area (Å²) in [6, 6.07) is 0. The Hall–Kier alpha value is -1.27. The molecule has 2 aliphatic rings. The predicted molar refractivity (Wildman–Crippen MR) is 174 cm³/mol. The van der Waals surface area contributed by atoms with Gasteiger partial charge in [0.1, 0.15) is 54.9 Å². The molecule has 0 spiro atoms. The molecule has 14 nitrogen and oxygen atoms in total. The highest BCUT2D eigenvalue weighted by Crippen LogP contribution is 2.26. The minimum absolute atomic E-state index is 0.0568. The van der Waals surface area contributed by atoms with E-state index in [4.69, 9.17) is 28.4 Å². The molecule has 11 unspecified atom stereocenters. The summed E-state index contributed by atoms with van der Waals surface area (Å²) in [6.45, 7) is 3.38. The van der Waals surface area contributed by atoms with Crippen LogP contribution in [0.1, 0.15) is 97.3 Å². The predicted octanol–water partition coefficient (Wildman–Crippen LogP) is 1.22. The van der Waals surface area contributed by atoms with Crippen LogP contribution in [0.3, 0.4) is 0 Å². The molecule has 7 N–H and O–H groups in total. The second-order valence-corrected chi connectivity index (χ2v) is 12.7. The Morgan fingerprint density at radius 3 is 1.94 bits per heavy atom. The quantitative estimate of drug-likeness (QED) is 0.0407. The van der Waals surface area contributed by atoms with Crippen LogP contribution < -0.4 is 0 Å². The van der Waals surface area contributed by atoms with Crippen molar-refractivity contribution in [3.63, 3.8) is 0 Å². The van der Waals surface area contributed by atoms with Crippen molar-refractivity contribution in [1.82, 2.24) is 0 Å². The summed E-state index contributed by atoms with van der Waals surface area (Å²) in [5.41, 5.74) is 0. The lowest BCUT2D eigenvalue weighted by atomic mass is 9.98. The summed E-state index contributed by atoms with van der Waals surface area (Å²) in [5.74, 6) is -0.406. The number of esters is 1. The molecule has 0 radical (unpaired) electrons. The Kier molecular flexibility index (Phi) is 22.2. The highest BCUT2D eigenvalue weighted by Gasteiger charge is 2.47. The maximum Gasteiger partial charge on any atom is 0.306 e. The maximum absolute atomic E-state index is 12.5. The van der Waals surface area contributed by atoms with Gasteiger partial charge in [-0.25, -0.2) is 0 Å². The van der Waals surface area contributed by atoms with Gasteiger partial charge in [-0.05, 0) is 32.1 Å². The first-order valence-electron chi connectivity index (χ1n) is 17.8. The number of carbonyl (C=O) groups excluding carboxylic acids is 1. The van der Waals surface area contributed by atoms with E-state index in [1.807, 2.05) is 6.92 Å². The van der Waals surface area contributed by atoms with E-state index in [0.29, 0.717) is 13.0 Å². The van der Waals surface area contributed by atoms with Crippen LogP contribution in [-0.2, 0) is 33.2 Å². The van der Waals surface area contributed by atoms with Crippen molar-refractivity contribution in [2.45, 2.75) is 165 Å². The fourth-order valence-corrected chi connectivity index (χ4v) is 5.46. The molecule has 2 saturated heterocycles. The number of hydrogen-bond acceptors (Lipinski definition) is 14. The van der Waals surface area contributed by atoms with Gasteiger partial charge in [0, 0.05) is 13.0 Å². The summed E-state index contributed by atoms with van der Waals surface area (Å²) in [4.78, 5) is 12.5. The van der Waals surface area contributed by atoms with Gasteiger partial charge in [0.25, 0.3) is 0 Å². The molecule has 2 fully saturated rings. The normalized spacial score (nSPS) is 31.7. The van der Waals surface area contributed by atoms with Gasteiger partial charge in [0.15, 0.2) is 12.6 Å². The van der Waals surface area contributed by atoms with E-state index in [0.717, 1.165) is 44.9 Å². The summed E-state index contributed by atoms with van der Waals surface area (Å²) in [7, 11) is 0. The smallest absolute Gasteiger partial charge is 0.306 e. The van der Waals surface area contributed by atoms with Crippen molar-refractivity contribution in [2.24, 2.45) is 0 Å². The van der Waals surface area contributed by atoms with Crippen LogP contribution in [0.15, 0.2) is 12.2 Å². The topological polar surface area (TPSA) is 214 Å². The van der Waals surface area contributed by atoms with E-state index in [1.54, 1.807) is 0 Å². The van der Waals surface area contributed by atoms with Gasteiger partial charge in [0.2, 0.25) is 0 Å². The number of unbranched alkanes of at least 4 members (excludes halogenated alkanes) is 9. The Balaban J connectivity index is 1.84. The SMILES string of the molecule is CCC/C=C\CCCCCCCCOCC(COC1OC(COC2OC(CO)C(O)C(O)C2O)C(O)C(O)C1O)OC(=O)CCCCC. The molecule has 0 saturated carbocycles. The summed E-state index contributed by atoms with van der Waals surface area (Å²) >= 11 is 0. The van der Waals surface area contributed by atoms with E-state index in [-0.39, 0.29) is 19.6 Å². The van der Waals surface area contributed by atoms with Crippen molar-refractivity contribution in [1.29, 1.82) is 0 Å². The van der Waals surface area contributed by atoms with E-state index in [9.17, 15) is 40.5 Å². The molecule has 11 atom stereocenters. The third-order valence-corrected chi connectivity index (χ3v) is 8.51. The van der Waals surface area contributed by atoms with Crippen molar-refractivity contribution in [2.75, 3.05) is 33.0 Å². The standard InChI is InChI=1S/C34H62O14/c1-3-5-7-8-9-10-11-12-13-14-16-18-43-20-23(46-26(36)17-15-6-4-2)21-44-33-32(42)30(40)28(38)25(48-33)22-45-34-31(41)29(39)27(37)24(19-35)47-34/h7-8,23-25,27-35,37-42H,3-6,9-22H2,1-2H3/b8-7-. The molecule has 2 rings (SSSR count). The Morgan fingerprint density at radius 2 is 1.27 bits per heavy atom. The molecule has 282 valence electrons. The Bertz CT molecular complexity index is 860. The number of rotatable bonds is 25. The van der Waals surface area contributed by atoms with Gasteiger partial charge >= 0.3 is 5.97 Å². The lowest BCUT2D eigenvalue weighted by molar-refractivity contribution is -0.332. The summed E-state index contributed by atoms with van der Waals surface area (Å²) < 4.78 is 33.6. The molecule has 48 heavy (non-hydrogen) atoms. The Labute approximate surface area is 284 Å². The number of aliphatic hydroxyl groups excluding tert-OH is 7. The highest BCUT2D eigenvalue weighted by molar-refractivity contribution is 5.69. The van der Waals surface area contributed by atoms with Gasteiger partial charge in [-0.1, -0.05) is 70.9 Å². The lowest BCUT2D eigenvalue weighted by Crippen LogP contribution is -2.61. The molecular weight excluding hydrogens is 632 g/mol. The molecule has 0 amide bonds. The van der Waals surface area contributed by atoms with Crippen LogP contribution in [0.4, 0.5) is 0 Å². The monoisotopic (exact) mass is 694 g/mol. The van der Waals surface area contributed by atoms with Gasteiger partial charge in [-0.3, -0.25) is 4.79 Å². The fraction of sp³-hybridized carbons (Fsp3) is 0.912. The molecule has 0 bridgehead atoms. The van der Waals surface area contributed by atoms with Crippen molar-refractivity contribution in [3.05, 3.63) is 12.2 Å². The second-order valence-electron chi connectivity index (χ2n) is 12.7. The first-order chi connectivity index (χ1) is 23.1. The summed E-state index contributed by atoms with van der Waals surface area (Å²) in [6.07, 6.45) is 1.16. The van der Waals surface area contributed by atoms with E-state index in [2.05, 4.69) is 19.1 Å². The van der Waals surface area contributed by atoms with Crippen LogP contribution in [0.2, 0.25) is 0 Å². The van der Waals surface area contributed by atoms with Crippen LogP contribution in [0, 0.1) is 0 Å². The average molecular weight is 695 g/mol. The van der Waals surface area contributed by atoms with Gasteiger partial charge in [-0.2, -0.15) is 0 Å². The first kappa shape index (κ1) is 42.9. The Morgan fingerprint density at radius 1 is 0.667 bits per heavy atom. The zero-order valence-corrected chi connectivity index (χ0v) is 28.7. The number of carbonyl (C=O) groups is 1. The maximum atomic E-state index is 12.5. The third kappa shape index (κ3) is 15.3. The summed E-state index contributed by atoms with van der Waals surface area (Å²) in [5, 5.41) is 71.1. The van der Waals surface area contributed by atoms with Crippen LogP contribution in [0.25, 0.3) is 0 Å². The zero-order valence-electron chi connectivity index (χ0n) is 28.7. The minimum Gasteiger partial charge on any atom is -0.457 e. The second kappa shape index (κ2) is 24.8. The third-order valence-electron chi connectivity index (χ3n) is 8.51. The lowest BCUT2D eigenvalue weighted by Gasteiger charge is -2.42. The average Bonchev–Trinajstić information content (AvgIpc) is 3.08. The number of ether oxygens (including phenoxy) is 6. The molecule has 0 aromatic heterocycles. The van der Waals surface area contributed by atoms with Crippen LogP contribution in [0.5, 0.6) is 0 Å². The minimum atomic E-state index is -1.70. The molecule has 0 aliphatic carbocycles. The van der Waals surface area contributed by atoms with Gasteiger partial charge < -0.3 is 64.2 Å². The number of hydrogen-bond donors (Lipinski definition) is 7. The zero-order chi connectivity index (χ0) is 35.3. The van der Waals surface area contributed by atoms with Gasteiger partial charge in [-0.15, -0.1) is 0 Å². The molecule has 2 heterocycles. The molecule has 0 aromatic carbocycles. The van der Waals surface area contributed by atoms with E-state index < -0.39 is 86.7 Å². The molecule has 14 heteroatoms. The molecular formula is C34H62O14. The van der Waals surface area contributed by atoms with Crippen molar-refractivity contribution >= 4 is 5.97 Å². The number of allylic oxidation sites excluding steroid dienone is 2. The van der Waals surface area contributed by atoms with E-state index in [1.165, 1.54) is 25.7 Å². The largest absolute Gasteiger partial charge is 0.457 e. The van der Waals surface area contributed by atoms with Crippen LogP contribution in [-0.4, -0.2) is 142 Å². The molecule has 0 aromatic rings. The highest BCUT2D eigenvalue weighted by atomic mass is 16.7. The number of aliphatic hydroxyl groups is 7. The van der Waals surface area contributed by atoms with Crippen molar-refractivity contribution in [3.8, 4) is 0 Å². The fourth-order valence-electron chi connectivity index (χ4n) is 5.46. The van der Waals surface area contributed by atoms with E-state index >= 15 is 0 Å². The van der Waals surface area contributed by atoms with Crippen LogP contribution >= 0.6 is 0 Å². The molecule has 2 aliphatic heterocycles. The first-order valence-corrected chi connectivity index (χ1v) is 17.8. The van der Waals surface area contributed by atoms with Gasteiger partial charge in [0.05, 0.1) is 26.4 Å². The van der Waals surface area contributed by atoms with Crippen molar-refractivity contribution < 1.29 is 69.0 Å².